The molecule has 0 aromatic heterocycles. The third kappa shape index (κ3) is 5.88. The summed E-state index contributed by atoms with van der Waals surface area (Å²) in [6.07, 6.45) is 6.08. The van der Waals surface area contributed by atoms with Gasteiger partial charge in [-0.3, -0.25) is 4.90 Å². The van der Waals surface area contributed by atoms with E-state index >= 15 is 0 Å². The fourth-order valence-corrected chi connectivity index (χ4v) is 5.80. The highest BCUT2D eigenvalue weighted by atomic mass is 16.6. The van der Waals surface area contributed by atoms with E-state index in [0.29, 0.717) is 24.0 Å². The lowest BCUT2D eigenvalue weighted by Crippen LogP contribution is -2.50. The number of methoxy groups -OCH3 is 1. The van der Waals surface area contributed by atoms with E-state index in [1.807, 2.05) is 32.8 Å². The number of anilines is 1. The molecule has 1 aromatic rings. The van der Waals surface area contributed by atoms with Crippen LogP contribution >= 0.6 is 0 Å². The summed E-state index contributed by atoms with van der Waals surface area (Å²) in [5.41, 5.74) is 3.92. The first-order chi connectivity index (χ1) is 16.1. The number of piperazine rings is 1. The highest BCUT2D eigenvalue weighted by molar-refractivity contribution is 5.69. The minimum Gasteiger partial charge on any atom is -0.444 e. The van der Waals surface area contributed by atoms with Gasteiger partial charge >= 0.3 is 6.09 Å². The summed E-state index contributed by atoms with van der Waals surface area (Å²) < 4.78 is 11.4. The Morgan fingerprint density at radius 1 is 1.09 bits per heavy atom. The number of ether oxygens (including phenoxy) is 2. The van der Waals surface area contributed by atoms with Gasteiger partial charge in [0.15, 0.2) is 0 Å². The van der Waals surface area contributed by atoms with Gasteiger partial charge in [0.05, 0.1) is 12.1 Å². The normalized spacial score (nSPS) is 26.1. The van der Waals surface area contributed by atoms with E-state index in [0.717, 1.165) is 32.6 Å². The van der Waals surface area contributed by atoms with Gasteiger partial charge in [-0.15, -0.1) is 0 Å². The smallest absolute Gasteiger partial charge is 0.410 e. The number of nitrogens with one attached hydrogen (secondary N) is 1. The third-order valence-electron chi connectivity index (χ3n) is 7.92. The molecule has 2 saturated heterocycles. The first kappa shape index (κ1) is 25.3. The van der Waals surface area contributed by atoms with Gasteiger partial charge in [0.25, 0.3) is 0 Å². The van der Waals surface area contributed by atoms with E-state index in [-0.39, 0.29) is 12.1 Å². The Bertz CT molecular complexity index is 853. The van der Waals surface area contributed by atoms with Gasteiger partial charge in [-0.2, -0.15) is 0 Å². The van der Waals surface area contributed by atoms with Crippen molar-refractivity contribution in [1.82, 2.24) is 10.2 Å². The van der Waals surface area contributed by atoms with Gasteiger partial charge < -0.3 is 19.7 Å². The Hall–Kier alpha value is -1.79. The minimum atomic E-state index is -0.498. The molecule has 0 radical (unpaired) electrons. The summed E-state index contributed by atoms with van der Waals surface area (Å²) >= 11 is 0. The summed E-state index contributed by atoms with van der Waals surface area (Å²) in [7, 11) is 1.81. The number of nitrogens with zero attached hydrogens (tertiary/aromatic N) is 2. The lowest BCUT2D eigenvalue weighted by atomic mass is 9.70. The van der Waals surface area contributed by atoms with Crippen LogP contribution in [0.5, 0.6) is 0 Å². The van der Waals surface area contributed by atoms with Crippen molar-refractivity contribution in [3.63, 3.8) is 0 Å². The molecule has 3 aliphatic rings. The van der Waals surface area contributed by atoms with Crippen LogP contribution in [0, 0.1) is 5.41 Å². The topological polar surface area (TPSA) is 54.0 Å². The summed E-state index contributed by atoms with van der Waals surface area (Å²) in [5.74, 6) is 0.534. The number of rotatable bonds is 4. The molecule has 1 aliphatic carbocycles. The van der Waals surface area contributed by atoms with E-state index < -0.39 is 5.60 Å². The molecule has 1 N–H and O–H groups in total. The fraction of sp³-hybridized carbons (Fsp3) is 0.750. The molecule has 0 bridgehead atoms. The Labute approximate surface area is 206 Å². The number of benzene rings is 1. The third-order valence-corrected chi connectivity index (χ3v) is 7.92. The molecule has 190 valence electrons. The molecule has 6 nitrogen and oxygen atoms in total. The maximum Gasteiger partial charge on any atom is 0.410 e. The quantitative estimate of drug-likeness (QED) is 0.630. The van der Waals surface area contributed by atoms with Crippen molar-refractivity contribution in [2.24, 2.45) is 5.41 Å². The summed E-state index contributed by atoms with van der Waals surface area (Å²) in [4.78, 5) is 17.6. The van der Waals surface area contributed by atoms with Gasteiger partial charge in [-0.1, -0.05) is 19.9 Å². The largest absolute Gasteiger partial charge is 0.444 e. The van der Waals surface area contributed by atoms with Crippen molar-refractivity contribution in [2.75, 3.05) is 44.7 Å². The van der Waals surface area contributed by atoms with Crippen LogP contribution in [0.1, 0.15) is 89.8 Å². The SMILES string of the molecule is COC1CCN(c2ccc([C@@H]3CNCCN3C(=O)OC(C)(C)C)c(C3CCC(C)(C)CC3)c2)C1. The van der Waals surface area contributed by atoms with Crippen LogP contribution in [0.25, 0.3) is 0 Å². The monoisotopic (exact) mass is 471 g/mol. The molecule has 3 fully saturated rings. The molecule has 0 spiro atoms. The van der Waals surface area contributed by atoms with Crippen molar-refractivity contribution >= 4 is 11.8 Å². The molecular formula is C28H45N3O3. The Balaban J connectivity index is 1.66. The van der Waals surface area contributed by atoms with Crippen LogP contribution in [0.3, 0.4) is 0 Å². The van der Waals surface area contributed by atoms with Gasteiger partial charge in [0.2, 0.25) is 0 Å². The molecule has 1 saturated carbocycles. The fourth-order valence-electron chi connectivity index (χ4n) is 5.80. The van der Waals surface area contributed by atoms with Crippen LogP contribution in [0.15, 0.2) is 18.2 Å². The Kier molecular flexibility index (Phi) is 7.49. The maximum atomic E-state index is 13.2. The van der Waals surface area contributed by atoms with E-state index in [9.17, 15) is 4.79 Å². The molecule has 6 heteroatoms. The molecule has 1 amide bonds. The van der Waals surface area contributed by atoms with Crippen molar-refractivity contribution in [3.8, 4) is 0 Å². The lowest BCUT2D eigenvalue weighted by molar-refractivity contribution is 0.0116. The zero-order valence-corrected chi connectivity index (χ0v) is 22.2. The Morgan fingerprint density at radius 3 is 2.47 bits per heavy atom. The summed E-state index contributed by atoms with van der Waals surface area (Å²) in [6.45, 7) is 14.8. The maximum absolute atomic E-state index is 13.2. The molecule has 4 rings (SSSR count). The van der Waals surface area contributed by atoms with Crippen LogP contribution in [0.4, 0.5) is 10.5 Å². The van der Waals surface area contributed by atoms with Crippen molar-refractivity contribution in [1.29, 1.82) is 0 Å². The van der Waals surface area contributed by atoms with Gasteiger partial charge in [-0.05, 0) is 87.5 Å². The molecular weight excluding hydrogens is 426 g/mol. The van der Waals surface area contributed by atoms with Gasteiger partial charge in [-0.25, -0.2) is 4.79 Å². The zero-order chi connectivity index (χ0) is 24.5. The standard InChI is InChI=1S/C28H45N3O3/c1-27(2,3)34-26(32)31-16-14-29-18-25(31)23-8-7-21(30-15-11-22(19-30)33-6)17-24(23)20-9-12-28(4,5)13-10-20/h7-8,17,20,22,25,29H,9-16,18-19H2,1-6H3/t22?,25-/m0/s1. The van der Waals surface area contributed by atoms with E-state index in [1.54, 1.807) is 0 Å². The number of hydrogen-bond acceptors (Lipinski definition) is 5. The van der Waals surface area contributed by atoms with Crippen LogP contribution in [-0.2, 0) is 9.47 Å². The van der Waals surface area contributed by atoms with E-state index in [2.05, 4.69) is 42.3 Å². The van der Waals surface area contributed by atoms with Crippen LogP contribution < -0.4 is 10.2 Å². The Morgan fingerprint density at radius 2 is 1.82 bits per heavy atom. The molecule has 34 heavy (non-hydrogen) atoms. The second kappa shape index (κ2) is 10.1. The molecule has 1 aromatic carbocycles. The van der Waals surface area contributed by atoms with E-state index in [4.69, 9.17) is 9.47 Å². The first-order valence-corrected chi connectivity index (χ1v) is 13.2. The van der Waals surface area contributed by atoms with Gasteiger partial charge in [0, 0.05) is 45.5 Å². The van der Waals surface area contributed by atoms with Crippen LogP contribution in [0.2, 0.25) is 0 Å². The average molecular weight is 472 g/mol. The molecule has 2 atom stereocenters. The summed E-state index contributed by atoms with van der Waals surface area (Å²) in [6, 6.07) is 6.97. The highest BCUT2D eigenvalue weighted by Gasteiger charge is 2.36. The van der Waals surface area contributed by atoms with E-state index in [1.165, 1.54) is 42.5 Å². The minimum absolute atomic E-state index is 0.00658. The molecule has 2 heterocycles. The predicted molar refractivity (Wildman–Crippen MR) is 138 cm³/mol. The van der Waals surface area contributed by atoms with Gasteiger partial charge in [0.1, 0.15) is 5.60 Å². The highest BCUT2D eigenvalue weighted by Crippen LogP contribution is 2.45. The zero-order valence-electron chi connectivity index (χ0n) is 22.2. The number of carbonyl (C=O) groups is 1. The number of amides is 1. The number of carbonyl (C=O) groups excluding carboxylic acids is 1. The van der Waals surface area contributed by atoms with Crippen LogP contribution in [-0.4, -0.2) is 62.5 Å². The van der Waals surface area contributed by atoms with Crippen molar-refractivity contribution < 1.29 is 14.3 Å². The predicted octanol–water partition coefficient (Wildman–Crippen LogP) is 5.48. The molecule has 2 aliphatic heterocycles. The summed E-state index contributed by atoms with van der Waals surface area (Å²) in [5, 5.41) is 3.53. The average Bonchev–Trinajstić information content (AvgIpc) is 3.27. The second-order valence-corrected chi connectivity index (χ2v) is 12.2. The van der Waals surface area contributed by atoms with Crippen molar-refractivity contribution in [3.05, 3.63) is 29.3 Å². The molecule has 1 unspecified atom stereocenters. The second-order valence-electron chi connectivity index (χ2n) is 12.2. The lowest BCUT2D eigenvalue weighted by Gasteiger charge is -2.40. The first-order valence-electron chi connectivity index (χ1n) is 13.2. The number of hydrogen-bond donors (Lipinski definition) is 1. The van der Waals surface area contributed by atoms with Crippen molar-refractivity contribution in [2.45, 2.75) is 90.4 Å².